The Labute approximate surface area is 119 Å². The molecule has 0 unspecified atom stereocenters. The fourth-order valence-corrected chi connectivity index (χ4v) is 3.60. The van der Waals surface area contributed by atoms with Crippen LogP contribution in [0.3, 0.4) is 0 Å². The van der Waals surface area contributed by atoms with Crippen molar-refractivity contribution in [2.24, 2.45) is 0 Å². The average Bonchev–Trinajstić information content (AvgIpc) is 2.75. The average molecular weight is 268 g/mol. The van der Waals surface area contributed by atoms with E-state index in [0.717, 1.165) is 0 Å². The van der Waals surface area contributed by atoms with Gasteiger partial charge in [0.25, 0.3) is 0 Å². The molecule has 1 heterocycles. The Morgan fingerprint density at radius 2 is 1.11 bits per heavy atom. The second kappa shape index (κ2) is 4.64. The van der Waals surface area contributed by atoms with E-state index in [9.17, 15) is 0 Å². The highest BCUT2D eigenvalue weighted by atomic mass is 32.1. The van der Waals surface area contributed by atoms with Crippen molar-refractivity contribution in [2.45, 2.75) is 39.5 Å². The van der Waals surface area contributed by atoms with Crippen LogP contribution < -0.4 is 0 Å². The Morgan fingerprint density at radius 3 is 1.47 bits per heavy atom. The highest BCUT2D eigenvalue weighted by Crippen LogP contribution is 2.36. The minimum Gasteiger partial charge on any atom is -0.135 e. The van der Waals surface area contributed by atoms with E-state index in [-0.39, 0.29) is 0 Å². The molecule has 0 bridgehead atoms. The van der Waals surface area contributed by atoms with Crippen LogP contribution in [0.4, 0.5) is 0 Å². The summed E-state index contributed by atoms with van der Waals surface area (Å²) in [6, 6.07) is 13.9. The van der Waals surface area contributed by atoms with E-state index in [4.69, 9.17) is 0 Å². The van der Waals surface area contributed by atoms with E-state index in [1.807, 2.05) is 11.3 Å². The molecule has 0 N–H and O–H groups in total. The molecule has 3 aromatic rings. The van der Waals surface area contributed by atoms with E-state index in [1.165, 1.54) is 31.3 Å². The van der Waals surface area contributed by atoms with Crippen LogP contribution in [0.15, 0.2) is 36.4 Å². The third-order valence-electron chi connectivity index (χ3n) is 3.85. The van der Waals surface area contributed by atoms with Gasteiger partial charge in [0.05, 0.1) is 0 Å². The van der Waals surface area contributed by atoms with Gasteiger partial charge in [-0.25, -0.2) is 0 Å². The molecule has 0 spiro atoms. The molecular formula is C18H20S. The van der Waals surface area contributed by atoms with Crippen LogP contribution in [0.5, 0.6) is 0 Å². The maximum Gasteiger partial charge on any atom is 0.0355 e. The Kier molecular flexibility index (Phi) is 3.10. The second-order valence-corrected chi connectivity index (χ2v) is 7.01. The second-order valence-electron chi connectivity index (χ2n) is 5.92. The molecular weight excluding hydrogens is 248 g/mol. The molecule has 0 aliphatic carbocycles. The summed E-state index contributed by atoms with van der Waals surface area (Å²) < 4.78 is 2.81. The molecule has 0 aliphatic heterocycles. The number of benzene rings is 2. The number of hydrogen-bond acceptors (Lipinski definition) is 1. The van der Waals surface area contributed by atoms with E-state index in [1.54, 1.807) is 0 Å². The van der Waals surface area contributed by atoms with Crippen molar-refractivity contribution in [1.29, 1.82) is 0 Å². The van der Waals surface area contributed by atoms with Gasteiger partial charge in [0.2, 0.25) is 0 Å². The van der Waals surface area contributed by atoms with Crippen LogP contribution in [0.2, 0.25) is 0 Å². The molecule has 98 valence electrons. The van der Waals surface area contributed by atoms with Gasteiger partial charge in [-0.05, 0) is 47.2 Å². The fourth-order valence-electron chi connectivity index (χ4n) is 2.53. The van der Waals surface area contributed by atoms with Crippen molar-refractivity contribution in [3.05, 3.63) is 47.5 Å². The summed E-state index contributed by atoms with van der Waals surface area (Å²) >= 11 is 1.90. The minimum atomic E-state index is 0.590. The molecule has 1 aromatic heterocycles. The molecule has 0 saturated heterocycles. The van der Waals surface area contributed by atoms with Crippen LogP contribution >= 0.6 is 11.3 Å². The van der Waals surface area contributed by atoms with E-state index < -0.39 is 0 Å². The van der Waals surface area contributed by atoms with Crippen molar-refractivity contribution in [3.63, 3.8) is 0 Å². The molecule has 0 radical (unpaired) electrons. The first-order chi connectivity index (χ1) is 9.06. The van der Waals surface area contributed by atoms with Crippen molar-refractivity contribution >= 4 is 31.5 Å². The highest BCUT2D eigenvalue weighted by molar-refractivity contribution is 7.25. The first-order valence-electron chi connectivity index (χ1n) is 7.02. The predicted molar refractivity (Wildman–Crippen MR) is 87.5 cm³/mol. The van der Waals surface area contributed by atoms with Crippen LogP contribution in [-0.4, -0.2) is 0 Å². The molecule has 1 heteroatoms. The zero-order valence-electron chi connectivity index (χ0n) is 12.0. The Morgan fingerprint density at radius 1 is 0.684 bits per heavy atom. The molecule has 2 aromatic carbocycles. The van der Waals surface area contributed by atoms with Gasteiger partial charge in [-0.2, -0.15) is 0 Å². The van der Waals surface area contributed by atoms with Gasteiger partial charge in [0.15, 0.2) is 0 Å². The van der Waals surface area contributed by atoms with Gasteiger partial charge in [-0.3, -0.25) is 0 Å². The number of rotatable bonds is 2. The largest absolute Gasteiger partial charge is 0.135 e. The molecule has 0 amide bonds. The summed E-state index contributed by atoms with van der Waals surface area (Å²) in [6.45, 7) is 9.04. The predicted octanol–water partition coefficient (Wildman–Crippen LogP) is 6.30. The third kappa shape index (κ3) is 2.17. The van der Waals surface area contributed by atoms with Gasteiger partial charge in [-0.1, -0.05) is 39.8 Å². The molecule has 19 heavy (non-hydrogen) atoms. The highest BCUT2D eigenvalue weighted by Gasteiger charge is 2.09. The number of thiophene rings is 1. The summed E-state index contributed by atoms with van der Waals surface area (Å²) in [5.41, 5.74) is 2.87. The Balaban J connectivity index is 2.31. The summed E-state index contributed by atoms with van der Waals surface area (Å²) in [6.07, 6.45) is 0. The quantitative estimate of drug-likeness (QED) is 0.511. The zero-order chi connectivity index (χ0) is 13.6. The Bertz CT molecular complexity index is 670. The summed E-state index contributed by atoms with van der Waals surface area (Å²) in [7, 11) is 0. The Hall–Kier alpha value is -1.34. The van der Waals surface area contributed by atoms with Gasteiger partial charge in [0.1, 0.15) is 0 Å². The summed E-state index contributed by atoms with van der Waals surface area (Å²) in [5, 5.41) is 2.85. The van der Waals surface area contributed by atoms with Crippen LogP contribution in [0, 0.1) is 0 Å². The number of hydrogen-bond donors (Lipinski definition) is 0. The van der Waals surface area contributed by atoms with Crippen LogP contribution in [-0.2, 0) is 0 Å². The van der Waals surface area contributed by atoms with Gasteiger partial charge >= 0.3 is 0 Å². The molecule has 0 fully saturated rings. The van der Waals surface area contributed by atoms with Crippen LogP contribution in [0.1, 0.15) is 50.7 Å². The van der Waals surface area contributed by atoms with Gasteiger partial charge in [-0.15, -0.1) is 11.3 Å². The molecule has 0 saturated carbocycles. The first-order valence-corrected chi connectivity index (χ1v) is 7.84. The normalized spacial score (nSPS) is 12.1. The third-order valence-corrected chi connectivity index (χ3v) is 5.00. The van der Waals surface area contributed by atoms with Crippen molar-refractivity contribution in [1.82, 2.24) is 0 Å². The molecule has 0 atom stereocenters. The topological polar surface area (TPSA) is 0 Å². The lowest BCUT2D eigenvalue weighted by atomic mass is 9.98. The summed E-state index contributed by atoms with van der Waals surface area (Å²) in [5.74, 6) is 1.18. The maximum absolute atomic E-state index is 2.38. The van der Waals surface area contributed by atoms with Gasteiger partial charge < -0.3 is 0 Å². The monoisotopic (exact) mass is 268 g/mol. The standard InChI is InChI=1S/C18H20S/c1-11(2)13-5-7-17-15(9-13)16-10-14(12(3)4)6-8-18(16)19-17/h5-12H,1-4H3. The fraction of sp³-hybridized carbons (Fsp3) is 0.333. The lowest BCUT2D eigenvalue weighted by Gasteiger charge is -2.06. The van der Waals surface area contributed by atoms with Crippen molar-refractivity contribution < 1.29 is 0 Å². The maximum atomic E-state index is 2.38. The van der Waals surface area contributed by atoms with Crippen molar-refractivity contribution in [2.75, 3.05) is 0 Å². The van der Waals surface area contributed by atoms with Gasteiger partial charge in [0, 0.05) is 20.2 Å². The van der Waals surface area contributed by atoms with E-state index >= 15 is 0 Å². The summed E-state index contributed by atoms with van der Waals surface area (Å²) in [4.78, 5) is 0. The lowest BCUT2D eigenvalue weighted by Crippen LogP contribution is -1.86. The lowest BCUT2D eigenvalue weighted by molar-refractivity contribution is 0.868. The van der Waals surface area contributed by atoms with Crippen molar-refractivity contribution in [3.8, 4) is 0 Å². The minimum absolute atomic E-state index is 0.590. The smallest absolute Gasteiger partial charge is 0.0355 e. The molecule has 0 aliphatic rings. The molecule has 3 rings (SSSR count). The van der Waals surface area contributed by atoms with E-state index in [0.29, 0.717) is 11.8 Å². The first kappa shape index (κ1) is 12.7. The SMILES string of the molecule is CC(C)c1ccc2sc3ccc(C(C)C)cc3c2c1. The number of fused-ring (bicyclic) bond motifs is 3. The van der Waals surface area contributed by atoms with E-state index in [2.05, 4.69) is 64.1 Å². The van der Waals surface area contributed by atoms with Crippen LogP contribution in [0.25, 0.3) is 20.2 Å². The zero-order valence-corrected chi connectivity index (χ0v) is 12.8. The molecule has 0 nitrogen and oxygen atoms in total.